The zero-order valence-corrected chi connectivity index (χ0v) is 11.5. The Morgan fingerprint density at radius 1 is 1.42 bits per heavy atom. The first-order valence-electron chi connectivity index (χ1n) is 6.64. The molecule has 0 bridgehead atoms. The molecule has 2 rings (SSSR count). The minimum absolute atomic E-state index is 0.0378. The van der Waals surface area contributed by atoms with Crippen LogP contribution in [0.1, 0.15) is 20.3 Å². The van der Waals surface area contributed by atoms with Crippen LogP contribution in [0.25, 0.3) is 0 Å². The van der Waals surface area contributed by atoms with Gasteiger partial charge in [0.2, 0.25) is 0 Å². The molecule has 102 valence electrons. The van der Waals surface area contributed by atoms with Crippen molar-refractivity contribution in [3.05, 3.63) is 35.4 Å². The van der Waals surface area contributed by atoms with Crippen LogP contribution in [0, 0.1) is 0 Å². The summed E-state index contributed by atoms with van der Waals surface area (Å²) in [7, 11) is 0. The maximum atomic E-state index is 12.0. The average Bonchev–Trinajstić information content (AvgIpc) is 2.34. The summed E-state index contributed by atoms with van der Waals surface area (Å²) in [5.41, 5.74) is 2.75. The third-order valence-corrected chi connectivity index (χ3v) is 3.11. The molecule has 0 atom stereocenters. The average molecular weight is 260 g/mol. The van der Waals surface area contributed by atoms with Crippen LogP contribution in [-0.2, 0) is 4.79 Å². The van der Waals surface area contributed by atoms with Crippen molar-refractivity contribution >= 4 is 11.6 Å². The summed E-state index contributed by atoms with van der Waals surface area (Å²) in [5.74, 6) is 0.749. The molecule has 1 fully saturated rings. The second-order valence-electron chi connectivity index (χ2n) is 4.66. The predicted molar refractivity (Wildman–Crippen MR) is 76.4 cm³/mol. The van der Waals surface area contributed by atoms with Gasteiger partial charge in [0, 0.05) is 30.4 Å². The summed E-state index contributed by atoms with van der Waals surface area (Å²) in [6, 6.07) is 7.50. The molecular weight excluding hydrogens is 240 g/mol. The normalized spacial score (nSPS) is 13.7. The highest BCUT2D eigenvalue weighted by atomic mass is 16.5. The smallest absolute Gasteiger partial charge is 0.251 e. The molecule has 1 amide bonds. The van der Waals surface area contributed by atoms with Crippen molar-refractivity contribution in [3.63, 3.8) is 0 Å². The van der Waals surface area contributed by atoms with Crippen molar-refractivity contribution in [1.82, 2.24) is 5.32 Å². The Morgan fingerprint density at radius 2 is 2.21 bits per heavy atom. The Kier molecular flexibility index (Phi) is 4.58. The second kappa shape index (κ2) is 6.38. The van der Waals surface area contributed by atoms with E-state index >= 15 is 0 Å². The maximum Gasteiger partial charge on any atom is 0.251 e. The lowest BCUT2D eigenvalue weighted by molar-refractivity contribution is -0.112. The van der Waals surface area contributed by atoms with Crippen molar-refractivity contribution in [3.8, 4) is 5.75 Å². The number of hydrogen-bond donors (Lipinski definition) is 2. The predicted octanol–water partition coefficient (Wildman–Crippen LogP) is 2.33. The molecule has 1 aliphatic heterocycles. The van der Waals surface area contributed by atoms with E-state index < -0.39 is 0 Å². The number of ether oxygens (including phenoxy) is 1. The Balaban J connectivity index is 2.00. The van der Waals surface area contributed by atoms with Crippen LogP contribution in [0.4, 0.5) is 5.69 Å². The first kappa shape index (κ1) is 13.6. The number of carbonyl (C=O) groups excluding carboxylic acids is 1. The first-order valence-corrected chi connectivity index (χ1v) is 6.64. The molecular formula is C15H20N2O2. The van der Waals surface area contributed by atoms with Crippen molar-refractivity contribution < 1.29 is 9.53 Å². The van der Waals surface area contributed by atoms with Gasteiger partial charge in [0.15, 0.2) is 0 Å². The topological polar surface area (TPSA) is 50.4 Å². The van der Waals surface area contributed by atoms with Gasteiger partial charge in [0.05, 0.1) is 6.61 Å². The zero-order valence-electron chi connectivity index (χ0n) is 11.5. The SMILES string of the molecule is CCCOc1cccc(NC(=O)C(C)=C2CNC2)c1. The molecule has 1 aliphatic rings. The molecule has 1 heterocycles. The quantitative estimate of drug-likeness (QED) is 0.799. The highest BCUT2D eigenvalue weighted by Crippen LogP contribution is 2.19. The minimum Gasteiger partial charge on any atom is -0.494 e. The summed E-state index contributed by atoms with van der Waals surface area (Å²) >= 11 is 0. The fraction of sp³-hybridized carbons (Fsp3) is 0.400. The van der Waals surface area contributed by atoms with Gasteiger partial charge in [-0.1, -0.05) is 13.0 Å². The highest BCUT2D eigenvalue weighted by molar-refractivity contribution is 6.04. The van der Waals surface area contributed by atoms with Crippen LogP contribution < -0.4 is 15.4 Å². The van der Waals surface area contributed by atoms with Crippen molar-refractivity contribution in [2.75, 3.05) is 25.0 Å². The van der Waals surface area contributed by atoms with Gasteiger partial charge in [0.1, 0.15) is 5.75 Å². The Bertz CT molecular complexity index is 489. The van der Waals surface area contributed by atoms with Crippen LogP contribution in [-0.4, -0.2) is 25.6 Å². The van der Waals surface area contributed by atoms with E-state index in [0.717, 1.165) is 36.5 Å². The lowest BCUT2D eigenvalue weighted by Gasteiger charge is -2.21. The molecule has 4 heteroatoms. The molecule has 1 saturated heterocycles. The molecule has 0 unspecified atom stereocenters. The maximum absolute atomic E-state index is 12.0. The zero-order chi connectivity index (χ0) is 13.7. The van der Waals surface area contributed by atoms with Crippen LogP contribution in [0.3, 0.4) is 0 Å². The number of amides is 1. The second-order valence-corrected chi connectivity index (χ2v) is 4.66. The van der Waals surface area contributed by atoms with Crippen LogP contribution >= 0.6 is 0 Å². The molecule has 0 radical (unpaired) electrons. The first-order chi connectivity index (χ1) is 9.20. The van der Waals surface area contributed by atoms with Gasteiger partial charge in [-0.05, 0) is 31.1 Å². The molecule has 1 aromatic rings. The fourth-order valence-electron chi connectivity index (χ4n) is 1.78. The Morgan fingerprint density at radius 3 is 2.84 bits per heavy atom. The van der Waals surface area contributed by atoms with Crippen LogP contribution in [0.5, 0.6) is 5.75 Å². The van der Waals surface area contributed by atoms with E-state index in [4.69, 9.17) is 4.74 Å². The van der Waals surface area contributed by atoms with Crippen molar-refractivity contribution in [2.24, 2.45) is 0 Å². The van der Waals surface area contributed by atoms with Gasteiger partial charge in [-0.25, -0.2) is 0 Å². The molecule has 4 nitrogen and oxygen atoms in total. The number of hydrogen-bond acceptors (Lipinski definition) is 3. The van der Waals surface area contributed by atoms with Crippen molar-refractivity contribution in [2.45, 2.75) is 20.3 Å². The van der Waals surface area contributed by atoms with E-state index in [1.165, 1.54) is 5.57 Å². The molecule has 2 N–H and O–H groups in total. The summed E-state index contributed by atoms with van der Waals surface area (Å²) in [4.78, 5) is 12.0. The van der Waals surface area contributed by atoms with Crippen LogP contribution in [0.15, 0.2) is 35.4 Å². The summed E-state index contributed by atoms with van der Waals surface area (Å²) in [5, 5.41) is 6.04. The number of anilines is 1. The van der Waals surface area contributed by atoms with E-state index in [0.29, 0.717) is 6.61 Å². The molecule has 0 aliphatic carbocycles. The largest absolute Gasteiger partial charge is 0.494 e. The van der Waals surface area contributed by atoms with Gasteiger partial charge in [0.25, 0.3) is 5.91 Å². The monoisotopic (exact) mass is 260 g/mol. The third-order valence-electron chi connectivity index (χ3n) is 3.11. The minimum atomic E-state index is -0.0378. The van der Waals surface area contributed by atoms with Crippen LogP contribution in [0.2, 0.25) is 0 Å². The van der Waals surface area contributed by atoms with E-state index in [1.807, 2.05) is 31.2 Å². The molecule has 1 aromatic carbocycles. The third kappa shape index (κ3) is 3.58. The van der Waals surface area contributed by atoms with E-state index in [1.54, 1.807) is 0 Å². The molecule has 0 aromatic heterocycles. The standard InChI is InChI=1S/C15H20N2O2/c1-3-7-19-14-6-4-5-13(8-14)17-15(18)11(2)12-9-16-10-12/h4-6,8,16H,3,7,9-10H2,1-2H3,(H,17,18). The number of nitrogens with one attached hydrogen (secondary N) is 2. The Labute approximate surface area is 113 Å². The summed E-state index contributed by atoms with van der Waals surface area (Å²) in [6.07, 6.45) is 0.967. The molecule has 0 saturated carbocycles. The van der Waals surface area contributed by atoms with Gasteiger partial charge >= 0.3 is 0 Å². The summed E-state index contributed by atoms with van der Waals surface area (Å²) in [6.45, 7) is 6.25. The lowest BCUT2D eigenvalue weighted by Crippen LogP contribution is -2.36. The number of carbonyl (C=O) groups is 1. The van der Waals surface area contributed by atoms with E-state index in [9.17, 15) is 4.79 Å². The highest BCUT2D eigenvalue weighted by Gasteiger charge is 2.16. The van der Waals surface area contributed by atoms with E-state index in [2.05, 4.69) is 17.6 Å². The fourth-order valence-corrected chi connectivity index (χ4v) is 1.78. The van der Waals surface area contributed by atoms with E-state index in [-0.39, 0.29) is 5.91 Å². The van der Waals surface area contributed by atoms with Gasteiger partial charge in [-0.3, -0.25) is 4.79 Å². The molecule has 0 spiro atoms. The lowest BCUT2D eigenvalue weighted by atomic mass is 10.0. The Hall–Kier alpha value is -1.81. The van der Waals surface area contributed by atoms with Gasteiger partial charge < -0.3 is 15.4 Å². The summed E-state index contributed by atoms with van der Waals surface area (Å²) < 4.78 is 5.54. The van der Waals surface area contributed by atoms with Crippen molar-refractivity contribution in [1.29, 1.82) is 0 Å². The molecule has 19 heavy (non-hydrogen) atoms. The van der Waals surface area contributed by atoms with Gasteiger partial charge in [-0.2, -0.15) is 0 Å². The van der Waals surface area contributed by atoms with Gasteiger partial charge in [-0.15, -0.1) is 0 Å². The number of rotatable bonds is 5. The number of benzene rings is 1.